The minimum Gasteiger partial charge on any atom is -0.377 e. The number of hydrogen-bond acceptors (Lipinski definition) is 7. The zero-order valence-corrected chi connectivity index (χ0v) is 12.1. The summed E-state index contributed by atoms with van der Waals surface area (Å²) in [5, 5.41) is 18.3. The Hall–Kier alpha value is -2.55. The third-order valence-corrected chi connectivity index (χ3v) is 3.47. The maximum Gasteiger partial charge on any atom is 0.287 e. The van der Waals surface area contributed by atoms with E-state index in [1.165, 1.54) is 12.3 Å². The van der Waals surface area contributed by atoms with Gasteiger partial charge in [0.15, 0.2) is 5.82 Å². The Balaban J connectivity index is 1.77. The van der Waals surface area contributed by atoms with Crippen molar-refractivity contribution < 1.29 is 9.66 Å². The van der Waals surface area contributed by atoms with Crippen LogP contribution in [0.2, 0.25) is 0 Å². The summed E-state index contributed by atoms with van der Waals surface area (Å²) in [6.45, 7) is 1.21. The molecule has 2 aromatic heterocycles. The van der Waals surface area contributed by atoms with Gasteiger partial charge in [-0.05, 0) is 18.9 Å². The van der Waals surface area contributed by atoms with E-state index in [1.54, 1.807) is 13.2 Å². The Morgan fingerprint density at radius 1 is 1.55 bits per heavy atom. The summed E-state index contributed by atoms with van der Waals surface area (Å²) < 4.78 is 6.94. The molecule has 0 aromatic carbocycles. The normalized spacial score (nSPS) is 17.0. The van der Waals surface area contributed by atoms with E-state index in [1.807, 2.05) is 4.68 Å². The van der Waals surface area contributed by atoms with Gasteiger partial charge in [0.25, 0.3) is 5.69 Å². The van der Waals surface area contributed by atoms with E-state index in [0.29, 0.717) is 18.2 Å². The third kappa shape index (κ3) is 2.89. The lowest BCUT2D eigenvalue weighted by Crippen LogP contribution is -2.23. The average molecular weight is 304 g/mol. The van der Waals surface area contributed by atoms with Crippen molar-refractivity contribution in [1.29, 1.82) is 0 Å². The number of nitro groups is 1. The third-order valence-electron chi connectivity index (χ3n) is 3.47. The van der Waals surface area contributed by atoms with Crippen molar-refractivity contribution in [2.45, 2.75) is 32.0 Å². The fourth-order valence-electron chi connectivity index (χ4n) is 2.48. The van der Waals surface area contributed by atoms with Crippen LogP contribution >= 0.6 is 0 Å². The highest BCUT2D eigenvalue weighted by Crippen LogP contribution is 2.27. The maximum absolute atomic E-state index is 10.6. The van der Waals surface area contributed by atoms with Gasteiger partial charge < -0.3 is 10.1 Å². The number of fused-ring (bicyclic) bond motifs is 1. The predicted molar refractivity (Wildman–Crippen MR) is 77.2 cm³/mol. The van der Waals surface area contributed by atoms with E-state index >= 15 is 0 Å². The SMILES string of the molecule is COCc1nc2n(n1)CCC[C@@H]2Nc1ccc([N+](=O)[O-])cn1. The van der Waals surface area contributed by atoms with Crippen molar-refractivity contribution in [2.24, 2.45) is 0 Å². The van der Waals surface area contributed by atoms with Gasteiger partial charge in [0.1, 0.15) is 24.4 Å². The second-order valence-corrected chi connectivity index (χ2v) is 5.04. The highest BCUT2D eigenvalue weighted by Gasteiger charge is 2.24. The molecule has 3 heterocycles. The van der Waals surface area contributed by atoms with Crippen molar-refractivity contribution >= 4 is 11.5 Å². The van der Waals surface area contributed by atoms with E-state index in [2.05, 4.69) is 20.4 Å². The molecule has 9 heteroatoms. The van der Waals surface area contributed by atoms with Crippen LogP contribution in [0.3, 0.4) is 0 Å². The Kier molecular flexibility index (Phi) is 3.96. The lowest BCUT2D eigenvalue weighted by Gasteiger charge is -2.23. The topological polar surface area (TPSA) is 108 Å². The summed E-state index contributed by atoms with van der Waals surface area (Å²) in [6, 6.07) is 3.02. The van der Waals surface area contributed by atoms with Crippen molar-refractivity contribution in [1.82, 2.24) is 19.7 Å². The molecule has 116 valence electrons. The first-order valence-electron chi connectivity index (χ1n) is 6.97. The molecule has 0 amide bonds. The highest BCUT2D eigenvalue weighted by atomic mass is 16.6. The molecule has 0 fully saturated rings. The largest absolute Gasteiger partial charge is 0.377 e. The van der Waals surface area contributed by atoms with Crippen LogP contribution in [0.1, 0.15) is 30.5 Å². The lowest BCUT2D eigenvalue weighted by atomic mass is 10.1. The second kappa shape index (κ2) is 6.06. The smallest absolute Gasteiger partial charge is 0.287 e. The van der Waals surface area contributed by atoms with Gasteiger partial charge in [0.05, 0.1) is 11.0 Å². The summed E-state index contributed by atoms with van der Waals surface area (Å²) in [6.07, 6.45) is 3.13. The molecule has 0 bridgehead atoms. The fraction of sp³-hybridized carbons (Fsp3) is 0.462. The van der Waals surface area contributed by atoms with Crippen LogP contribution in [0.4, 0.5) is 11.5 Å². The van der Waals surface area contributed by atoms with E-state index < -0.39 is 4.92 Å². The zero-order valence-electron chi connectivity index (χ0n) is 12.1. The fourth-order valence-corrected chi connectivity index (χ4v) is 2.48. The van der Waals surface area contributed by atoms with E-state index in [-0.39, 0.29) is 11.7 Å². The number of nitrogens with zero attached hydrogens (tertiary/aromatic N) is 5. The Morgan fingerprint density at radius 3 is 3.09 bits per heavy atom. The minimum absolute atomic E-state index is 0.0131. The average Bonchev–Trinajstić information content (AvgIpc) is 2.92. The number of hydrogen-bond donors (Lipinski definition) is 1. The number of rotatable bonds is 5. The van der Waals surface area contributed by atoms with Gasteiger partial charge in [-0.1, -0.05) is 0 Å². The Labute approximate surface area is 126 Å². The Bertz CT molecular complexity index is 669. The van der Waals surface area contributed by atoms with Gasteiger partial charge in [0, 0.05) is 19.7 Å². The molecular weight excluding hydrogens is 288 g/mol. The van der Waals surface area contributed by atoms with Crippen molar-refractivity contribution in [3.8, 4) is 0 Å². The zero-order chi connectivity index (χ0) is 15.5. The monoisotopic (exact) mass is 304 g/mol. The Morgan fingerprint density at radius 2 is 2.41 bits per heavy atom. The van der Waals surface area contributed by atoms with Crippen LogP contribution in [0.5, 0.6) is 0 Å². The van der Waals surface area contributed by atoms with Crippen molar-refractivity contribution in [3.63, 3.8) is 0 Å². The summed E-state index contributed by atoms with van der Waals surface area (Å²) in [7, 11) is 1.61. The van der Waals surface area contributed by atoms with Crippen molar-refractivity contribution in [2.75, 3.05) is 12.4 Å². The standard InChI is InChI=1S/C13H16N6O3/c1-22-8-12-16-13-10(3-2-6-18(13)17-12)15-11-5-4-9(7-14-11)19(20)21/h4-5,7,10H,2-3,6,8H2,1H3,(H,14,15)/t10-/m0/s1. The molecule has 0 unspecified atom stereocenters. The first-order valence-corrected chi connectivity index (χ1v) is 6.97. The van der Waals surface area contributed by atoms with Gasteiger partial charge in [-0.15, -0.1) is 0 Å². The van der Waals surface area contributed by atoms with Gasteiger partial charge >= 0.3 is 0 Å². The molecule has 1 aliphatic rings. The molecular formula is C13H16N6O3. The van der Waals surface area contributed by atoms with E-state index in [4.69, 9.17) is 4.74 Å². The first kappa shape index (κ1) is 14.4. The predicted octanol–water partition coefficient (Wildman–Crippen LogP) is 1.67. The van der Waals surface area contributed by atoms with E-state index in [9.17, 15) is 10.1 Å². The summed E-state index contributed by atoms with van der Waals surface area (Å²) in [4.78, 5) is 18.7. The molecule has 2 aromatic rings. The molecule has 9 nitrogen and oxygen atoms in total. The van der Waals surface area contributed by atoms with Gasteiger partial charge in [-0.3, -0.25) is 10.1 Å². The molecule has 0 saturated carbocycles. The number of aromatic nitrogens is 4. The van der Waals surface area contributed by atoms with Gasteiger partial charge in [0.2, 0.25) is 0 Å². The highest BCUT2D eigenvalue weighted by molar-refractivity contribution is 5.41. The number of anilines is 1. The minimum atomic E-state index is -0.467. The second-order valence-electron chi connectivity index (χ2n) is 5.04. The van der Waals surface area contributed by atoms with Crippen LogP contribution in [0, 0.1) is 10.1 Å². The molecule has 3 rings (SSSR count). The first-order chi connectivity index (χ1) is 10.7. The molecule has 1 N–H and O–H groups in total. The number of aryl methyl sites for hydroxylation is 1. The molecule has 22 heavy (non-hydrogen) atoms. The summed E-state index contributed by atoms with van der Waals surface area (Å²) in [5.41, 5.74) is -0.0280. The van der Waals surface area contributed by atoms with Crippen LogP contribution in [-0.4, -0.2) is 31.8 Å². The lowest BCUT2D eigenvalue weighted by molar-refractivity contribution is -0.385. The molecule has 0 radical (unpaired) electrons. The number of nitrogens with one attached hydrogen (secondary N) is 1. The molecule has 1 aliphatic heterocycles. The molecule has 0 spiro atoms. The summed E-state index contributed by atoms with van der Waals surface area (Å²) in [5.74, 6) is 2.08. The molecule has 0 saturated heterocycles. The van der Waals surface area contributed by atoms with E-state index in [0.717, 1.165) is 25.2 Å². The van der Waals surface area contributed by atoms with Crippen LogP contribution in [0.15, 0.2) is 18.3 Å². The van der Waals surface area contributed by atoms with Crippen LogP contribution in [-0.2, 0) is 17.9 Å². The number of ether oxygens (including phenoxy) is 1. The molecule has 0 aliphatic carbocycles. The maximum atomic E-state index is 10.6. The number of pyridine rings is 1. The van der Waals surface area contributed by atoms with Crippen molar-refractivity contribution in [3.05, 3.63) is 40.1 Å². The van der Waals surface area contributed by atoms with Gasteiger partial charge in [-0.2, -0.15) is 5.10 Å². The molecule has 1 atom stereocenters. The summed E-state index contributed by atoms with van der Waals surface area (Å²) >= 11 is 0. The van der Waals surface area contributed by atoms with Gasteiger partial charge in [-0.25, -0.2) is 14.6 Å². The number of methoxy groups -OCH3 is 1. The van der Waals surface area contributed by atoms with Crippen LogP contribution < -0.4 is 5.32 Å². The van der Waals surface area contributed by atoms with Crippen LogP contribution in [0.25, 0.3) is 0 Å². The quantitative estimate of drug-likeness (QED) is 0.661.